The van der Waals surface area contributed by atoms with E-state index in [1.54, 1.807) is 13.3 Å². The Morgan fingerprint density at radius 2 is 2.33 bits per heavy atom. The summed E-state index contributed by atoms with van der Waals surface area (Å²) in [5.41, 5.74) is 7.29. The van der Waals surface area contributed by atoms with Crippen LogP contribution in [-0.4, -0.2) is 12.1 Å². The van der Waals surface area contributed by atoms with Crippen LogP contribution in [0.5, 0.6) is 5.75 Å². The Labute approximate surface area is 91.7 Å². The SMILES string of the molecule is COc1ccc(Nc2nccs2)cc1N. The van der Waals surface area contributed by atoms with Crippen molar-refractivity contribution in [2.45, 2.75) is 0 Å². The Bertz CT molecular complexity index is 442. The van der Waals surface area contributed by atoms with Crippen molar-refractivity contribution in [1.82, 2.24) is 4.98 Å². The molecule has 78 valence electrons. The molecule has 1 aromatic heterocycles. The minimum Gasteiger partial charge on any atom is -0.495 e. The van der Waals surface area contributed by atoms with Gasteiger partial charge in [-0.3, -0.25) is 0 Å². The fourth-order valence-electron chi connectivity index (χ4n) is 1.22. The predicted octanol–water partition coefficient (Wildman–Crippen LogP) is 2.48. The molecular weight excluding hydrogens is 210 g/mol. The highest BCUT2D eigenvalue weighted by Gasteiger charge is 2.01. The first-order chi connectivity index (χ1) is 7.29. The molecule has 0 spiro atoms. The summed E-state index contributed by atoms with van der Waals surface area (Å²) >= 11 is 1.54. The number of rotatable bonds is 3. The van der Waals surface area contributed by atoms with Crippen molar-refractivity contribution < 1.29 is 4.74 Å². The normalized spacial score (nSPS) is 9.93. The number of benzene rings is 1. The van der Waals surface area contributed by atoms with Gasteiger partial charge in [0.1, 0.15) is 5.75 Å². The average Bonchev–Trinajstić information content (AvgIpc) is 2.71. The lowest BCUT2D eigenvalue weighted by Gasteiger charge is -2.07. The largest absolute Gasteiger partial charge is 0.495 e. The van der Waals surface area contributed by atoms with E-state index in [1.165, 1.54) is 11.3 Å². The Morgan fingerprint density at radius 3 is 2.93 bits per heavy atom. The first-order valence-electron chi connectivity index (χ1n) is 4.39. The Hall–Kier alpha value is -1.75. The van der Waals surface area contributed by atoms with Crippen LogP contribution in [0, 0.1) is 0 Å². The molecule has 0 atom stereocenters. The number of nitrogens with one attached hydrogen (secondary N) is 1. The number of hydrogen-bond donors (Lipinski definition) is 2. The molecule has 0 radical (unpaired) electrons. The van der Waals surface area contributed by atoms with Gasteiger partial charge in [0.05, 0.1) is 12.8 Å². The molecular formula is C10H11N3OS. The fourth-order valence-corrected chi connectivity index (χ4v) is 1.77. The van der Waals surface area contributed by atoms with Crippen LogP contribution in [0.25, 0.3) is 0 Å². The first kappa shape index (κ1) is 9.79. The molecule has 0 amide bonds. The predicted molar refractivity (Wildman–Crippen MR) is 62.8 cm³/mol. The van der Waals surface area contributed by atoms with Crippen LogP contribution in [0.1, 0.15) is 0 Å². The third kappa shape index (κ3) is 2.19. The summed E-state index contributed by atoms with van der Waals surface area (Å²) in [5.74, 6) is 0.680. The van der Waals surface area contributed by atoms with Gasteiger partial charge in [-0.05, 0) is 18.2 Å². The molecule has 5 heteroatoms. The molecule has 3 N–H and O–H groups in total. The van der Waals surface area contributed by atoms with E-state index in [9.17, 15) is 0 Å². The van der Waals surface area contributed by atoms with E-state index in [0.29, 0.717) is 11.4 Å². The van der Waals surface area contributed by atoms with Crippen molar-refractivity contribution in [1.29, 1.82) is 0 Å². The maximum Gasteiger partial charge on any atom is 0.187 e. The zero-order chi connectivity index (χ0) is 10.7. The number of hydrogen-bond acceptors (Lipinski definition) is 5. The van der Waals surface area contributed by atoms with E-state index < -0.39 is 0 Å². The molecule has 0 aliphatic heterocycles. The van der Waals surface area contributed by atoms with Crippen LogP contribution in [0.15, 0.2) is 29.8 Å². The number of thiazole rings is 1. The lowest BCUT2D eigenvalue weighted by atomic mass is 10.2. The summed E-state index contributed by atoms with van der Waals surface area (Å²) in [6.45, 7) is 0. The standard InChI is InChI=1S/C10H11N3OS/c1-14-9-3-2-7(6-8(9)11)13-10-12-4-5-15-10/h2-6H,11H2,1H3,(H,12,13). The van der Waals surface area contributed by atoms with Crippen LogP contribution in [0.3, 0.4) is 0 Å². The summed E-state index contributed by atoms with van der Waals surface area (Å²) < 4.78 is 5.07. The molecule has 0 saturated heterocycles. The molecule has 1 heterocycles. The summed E-state index contributed by atoms with van der Waals surface area (Å²) in [6, 6.07) is 5.54. The third-order valence-corrected chi connectivity index (χ3v) is 2.60. The summed E-state index contributed by atoms with van der Waals surface area (Å²) in [6.07, 6.45) is 1.75. The van der Waals surface area contributed by atoms with Crippen LogP contribution < -0.4 is 15.8 Å². The van der Waals surface area contributed by atoms with Crippen molar-refractivity contribution >= 4 is 27.8 Å². The second-order valence-corrected chi connectivity index (χ2v) is 3.81. The molecule has 0 unspecified atom stereocenters. The maximum atomic E-state index is 5.78. The van der Waals surface area contributed by atoms with E-state index in [4.69, 9.17) is 10.5 Å². The Morgan fingerprint density at radius 1 is 1.47 bits per heavy atom. The quantitative estimate of drug-likeness (QED) is 0.782. The third-order valence-electron chi connectivity index (χ3n) is 1.91. The van der Waals surface area contributed by atoms with E-state index in [0.717, 1.165) is 10.8 Å². The Balaban J connectivity index is 2.20. The van der Waals surface area contributed by atoms with Gasteiger partial charge in [-0.15, -0.1) is 11.3 Å². The van der Waals surface area contributed by atoms with Gasteiger partial charge in [0.25, 0.3) is 0 Å². The second kappa shape index (κ2) is 4.18. The lowest BCUT2D eigenvalue weighted by molar-refractivity contribution is 0.417. The maximum absolute atomic E-state index is 5.78. The van der Waals surface area contributed by atoms with Crippen LogP contribution in [-0.2, 0) is 0 Å². The molecule has 2 rings (SSSR count). The minimum absolute atomic E-state index is 0.610. The first-order valence-corrected chi connectivity index (χ1v) is 5.27. The highest BCUT2D eigenvalue weighted by molar-refractivity contribution is 7.13. The molecule has 0 saturated carbocycles. The summed E-state index contributed by atoms with van der Waals surface area (Å²) in [4.78, 5) is 4.12. The molecule has 0 fully saturated rings. The van der Waals surface area contributed by atoms with Gasteiger partial charge in [0.2, 0.25) is 0 Å². The molecule has 2 aromatic rings. The van der Waals surface area contributed by atoms with Crippen LogP contribution in [0.2, 0.25) is 0 Å². The smallest absolute Gasteiger partial charge is 0.187 e. The molecule has 0 aliphatic carbocycles. The van der Waals surface area contributed by atoms with E-state index in [-0.39, 0.29) is 0 Å². The fraction of sp³-hybridized carbons (Fsp3) is 0.100. The second-order valence-electron chi connectivity index (χ2n) is 2.92. The van der Waals surface area contributed by atoms with Crippen molar-refractivity contribution in [3.05, 3.63) is 29.8 Å². The van der Waals surface area contributed by atoms with Crippen LogP contribution >= 0.6 is 11.3 Å². The minimum atomic E-state index is 0.610. The Kier molecular flexibility index (Phi) is 2.73. The summed E-state index contributed by atoms with van der Waals surface area (Å²) in [5, 5.41) is 5.91. The number of nitrogens with two attached hydrogens (primary N) is 1. The number of nitrogen functional groups attached to an aromatic ring is 1. The van der Waals surface area contributed by atoms with Gasteiger partial charge in [0.15, 0.2) is 5.13 Å². The zero-order valence-electron chi connectivity index (χ0n) is 8.23. The van der Waals surface area contributed by atoms with Crippen LogP contribution in [0.4, 0.5) is 16.5 Å². The van der Waals surface area contributed by atoms with Crippen molar-refractivity contribution in [3.63, 3.8) is 0 Å². The van der Waals surface area contributed by atoms with Crippen molar-refractivity contribution in [2.24, 2.45) is 0 Å². The number of methoxy groups -OCH3 is 1. The van der Waals surface area contributed by atoms with Gasteiger partial charge in [0, 0.05) is 17.3 Å². The average molecular weight is 221 g/mol. The zero-order valence-corrected chi connectivity index (χ0v) is 9.04. The van der Waals surface area contributed by atoms with Gasteiger partial charge >= 0.3 is 0 Å². The topological polar surface area (TPSA) is 60.2 Å². The molecule has 4 nitrogen and oxygen atoms in total. The van der Waals surface area contributed by atoms with E-state index in [2.05, 4.69) is 10.3 Å². The number of nitrogens with zero attached hydrogens (tertiary/aromatic N) is 1. The van der Waals surface area contributed by atoms with Gasteiger partial charge in [-0.2, -0.15) is 0 Å². The monoisotopic (exact) mass is 221 g/mol. The lowest BCUT2D eigenvalue weighted by Crippen LogP contribution is -1.95. The number of aromatic nitrogens is 1. The van der Waals surface area contributed by atoms with Gasteiger partial charge in [-0.25, -0.2) is 4.98 Å². The molecule has 15 heavy (non-hydrogen) atoms. The highest BCUT2D eigenvalue weighted by Crippen LogP contribution is 2.27. The number of ether oxygens (including phenoxy) is 1. The highest BCUT2D eigenvalue weighted by atomic mass is 32.1. The van der Waals surface area contributed by atoms with Crippen molar-refractivity contribution in [3.8, 4) is 5.75 Å². The van der Waals surface area contributed by atoms with Crippen molar-refractivity contribution in [2.75, 3.05) is 18.2 Å². The summed E-state index contributed by atoms with van der Waals surface area (Å²) in [7, 11) is 1.60. The van der Waals surface area contributed by atoms with E-state index >= 15 is 0 Å². The molecule has 1 aromatic carbocycles. The molecule has 0 bridgehead atoms. The van der Waals surface area contributed by atoms with Gasteiger partial charge < -0.3 is 15.8 Å². The molecule has 0 aliphatic rings. The van der Waals surface area contributed by atoms with Gasteiger partial charge in [-0.1, -0.05) is 0 Å². The number of anilines is 3. The van der Waals surface area contributed by atoms with E-state index in [1.807, 2.05) is 23.6 Å².